The number of ether oxygens (including phenoxy) is 1. The highest BCUT2D eigenvalue weighted by atomic mass is 16.5. The molecule has 2 amide bonds. The monoisotopic (exact) mass is 322 g/mol. The predicted molar refractivity (Wildman–Crippen MR) is 90.1 cm³/mol. The van der Waals surface area contributed by atoms with Crippen LogP contribution in [0.3, 0.4) is 0 Å². The molecule has 1 fully saturated rings. The molecule has 4 rings (SSSR count). The fourth-order valence-electron chi connectivity index (χ4n) is 2.79. The van der Waals surface area contributed by atoms with E-state index in [2.05, 4.69) is 10.6 Å². The minimum Gasteiger partial charge on any atom is -0.480 e. The van der Waals surface area contributed by atoms with Crippen LogP contribution < -0.4 is 15.4 Å². The topological polar surface area (TPSA) is 67.4 Å². The molecule has 0 saturated heterocycles. The highest BCUT2D eigenvalue weighted by molar-refractivity contribution is 5.98. The highest BCUT2D eigenvalue weighted by Gasteiger charge is 2.29. The lowest BCUT2D eigenvalue weighted by Crippen LogP contribution is -2.31. The Labute approximate surface area is 140 Å². The molecule has 5 heteroatoms. The van der Waals surface area contributed by atoms with Crippen molar-refractivity contribution in [1.29, 1.82) is 0 Å². The maximum absolute atomic E-state index is 12.4. The average Bonchev–Trinajstić information content (AvgIpc) is 3.29. The van der Waals surface area contributed by atoms with Crippen molar-refractivity contribution in [3.05, 3.63) is 59.7 Å². The average molecular weight is 322 g/mol. The molecular weight excluding hydrogens is 304 g/mol. The van der Waals surface area contributed by atoms with Crippen molar-refractivity contribution in [1.82, 2.24) is 5.32 Å². The molecule has 1 aliphatic carbocycles. The van der Waals surface area contributed by atoms with Crippen LogP contribution >= 0.6 is 0 Å². The van der Waals surface area contributed by atoms with Crippen molar-refractivity contribution < 1.29 is 14.3 Å². The summed E-state index contributed by atoms with van der Waals surface area (Å²) in [6.07, 6.45) is 2.11. The number of para-hydroxylation sites is 1. The summed E-state index contributed by atoms with van der Waals surface area (Å²) in [5.41, 5.74) is 2.19. The van der Waals surface area contributed by atoms with Gasteiger partial charge in [-0.3, -0.25) is 9.59 Å². The largest absolute Gasteiger partial charge is 0.480 e. The molecule has 2 N–H and O–H groups in total. The molecule has 1 atom stereocenters. The van der Waals surface area contributed by atoms with Crippen LogP contribution in [-0.2, 0) is 11.2 Å². The second-order valence-electron chi connectivity index (χ2n) is 6.24. The van der Waals surface area contributed by atoms with Gasteiger partial charge in [-0.1, -0.05) is 24.3 Å². The summed E-state index contributed by atoms with van der Waals surface area (Å²) in [6, 6.07) is 14.9. The van der Waals surface area contributed by atoms with Gasteiger partial charge in [-0.05, 0) is 42.7 Å². The third-order valence-corrected chi connectivity index (χ3v) is 4.24. The Bertz CT molecular complexity index is 774. The number of nitrogens with one attached hydrogen (secondary N) is 2. The molecule has 2 aliphatic rings. The van der Waals surface area contributed by atoms with Gasteiger partial charge in [-0.25, -0.2) is 0 Å². The third-order valence-electron chi connectivity index (χ3n) is 4.24. The first-order valence-corrected chi connectivity index (χ1v) is 8.15. The Morgan fingerprint density at radius 3 is 2.67 bits per heavy atom. The first kappa shape index (κ1) is 14.8. The molecule has 0 radical (unpaired) electrons. The first-order valence-electron chi connectivity index (χ1n) is 8.15. The third kappa shape index (κ3) is 3.11. The Morgan fingerprint density at radius 2 is 1.88 bits per heavy atom. The first-order chi connectivity index (χ1) is 11.7. The summed E-state index contributed by atoms with van der Waals surface area (Å²) in [6.45, 7) is 0. The summed E-state index contributed by atoms with van der Waals surface area (Å²) in [5, 5.41) is 5.78. The van der Waals surface area contributed by atoms with Crippen LogP contribution in [-0.4, -0.2) is 24.0 Å². The van der Waals surface area contributed by atoms with Crippen molar-refractivity contribution in [2.75, 3.05) is 5.32 Å². The van der Waals surface area contributed by atoms with Crippen LogP contribution in [0.25, 0.3) is 0 Å². The Balaban J connectivity index is 1.42. The van der Waals surface area contributed by atoms with E-state index in [0.29, 0.717) is 23.7 Å². The standard InChI is InChI=1S/C19H18N2O3/c22-18(20-14-8-9-14)13-5-3-6-15(10-13)21-19(23)17-11-12-4-1-2-7-16(12)24-17/h1-7,10,14,17H,8-9,11H2,(H,20,22)(H,21,23)/t17-/m0/s1. The number of rotatable bonds is 4. The number of hydrogen-bond donors (Lipinski definition) is 2. The van der Waals surface area contributed by atoms with Gasteiger partial charge in [0.2, 0.25) is 0 Å². The second-order valence-corrected chi connectivity index (χ2v) is 6.24. The van der Waals surface area contributed by atoms with Crippen molar-refractivity contribution in [3.8, 4) is 5.75 Å². The van der Waals surface area contributed by atoms with Gasteiger partial charge in [0, 0.05) is 23.7 Å². The van der Waals surface area contributed by atoms with Crippen LogP contribution in [0.4, 0.5) is 5.69 Å². The van der Waals surface area contributed by atoms with Gasteiger partial charge in [0.05, 0.1) is 0 Å². The van der Waals surface area contributed by atoms with E-state index in [4.69, 9.17) is 4.74 Å². The molecule has 24 heavy (non-hydrogen) atoms. The fraction of sp³-hybridized carbons (Fsp3) is 0.263. The van der Waals surface area contributed by atoms with E-state index in [1.165, 1.54) is 0 Å². The van der Waals surface area contributed by atoms with Gasteiger partial charge in [0.1, 0.15) is 5.75 Å². The molecule has 1 aliphatic heterocycles. The molecule has 1 saturated carbocycles. The van der Waals surface area contributed by atoms with Crippen LogP contribution in [0.2, 0.25) is 0 Å². The maximum atomic E-state index is 12.4. The number of anilines is 1. The minimum absolute atomic E-state index is 0.0990. The van der Waals surface area contributed by atoms with Crippen LogP contribution in [0.15, 0.2) is 48.5 Å². The molecule has 0 unspecified atom stereocenters. The summed E-state index contributed by atoms with van der Waals surface area (Å²) >= 11 is 0. The van der Waals surface area contributed by atoms with Gasteiger partial charge in [-0.15, -0.1) is 0 Å². The van der Waals surface area contributed by atoms with Gasteiger partial charge in [-0.2, -0.15) is 0 Å². The number of hydrogen-bond acceptors (Lipinski definition) is 3. The zero-order chi connectivity index (χ0) is 16.5. The van der Waals surface area contributed by atoms with Crippen molar-refractivity contribution >= 4 is 17.5 Å². The van der Waals surface area contributed by atoms with Crippen LogP contribution in [0.1, 0.15) is 28.8 Å². The van der Waals surface area contributed by atoms with E-state index < -0.39 is 6.10 Å². The SMILES string of the molecule is O=C(NC1CC1)c1cccc(NC(=O)[C@@H]2Cc3ccccc3O2)c1. The van der Waals surface area contributed by atoms with Gasteiger partial charge in [0.15, 0.2) is 6.10 Å². The van der Waals surface area contributed by atoms with E-state index in [0.717, 1.165) is 24.2 Å². The molecule has 122 valence electrons. The fourth-order valence-corrected chi connectivity index (χ4v) is 2.79. The number of carbonyl (C=O) groups is 2. The van der Waals surface area contributed by atoms with Crippen LogP contribution in [0, 0.1) is 0 Å². The lowest BCUT2D eigenvalue weighted by Gasteiger charge is -2.12. The molecule has 0 spiro atoms. The lowest BCUT2D eigenvalue weighted by atomic mass is 10.1. The predicted octanol–water partition coefficient (Wildman–Crippen LogP) is 2.52. The van der Waals surface area contributed by atoms with Crippen molar-refractivity contribution in [2.24, 2.45) is 0 Å². The zero-order valence-electron chi connectivity index (χ0n) is 13.1. The second kappa shape index (κ2) is 6.00. The Kier molecular flexibility index (Phi) is 3.69. The molecule has 5 nitrogen and oxygen atoms in total. The number of carbonyl (C=O) groups excluding carboxylic acids is 2. The summed E-state index contributed by atoms with van der Waals surface area (Å²) < 4.78 is 5.69. The smallest absolute Gasteiger partial charge is 0.265 e. The summed E-state index contributed by atoms with van der Waals surface area (Å²) in [7, 11) is 0. The van der Waals surface area contributed by atoms with Gasteiger partial charge >= 0.3 is 0 Å². The molecule has 1 heterocycles. The number of fused-ring (bicyclic) bond motifs is 1. The van der Waals surface area contributed by atoms with E-state index in [1.807, 2.05) is 24.3 Å². The van der Waals surface area contributed by atoms with Gasteiger partial charge < -0.3 is 15.4 Å². The number of amides is 2. The molecule has 0 aromatic heterocycles. The molecular formula is C19H18N2O3. The molecule has 2 aromatic carbocycles. The summed E-state index contributed by atoms with van der Waals surface area (Å²) in [4.78, 5) is 24.5. The highest BCUT2D eigenvalue weighted by Crippen LogP contribution is 2.28. The Morgan fingerprint density at radius 1 is 1.04 bits per heavy atom. The van der Waals surface area contributed by atoms with Gasteiger partial charge in [0.25, 0.3) is 11.8 Å². The number of benzene rings is 2. The Hall–Kier alpha value is -2.82. The maximum Gasteiger partial charge on any atom is 0.265 e. The quantitative estimate of drug-likeness (QED) is 0.909. The van der Waals surface area contributed by atoms with E-state index in [1.54, 1.807) is 24.3 Å². The van der Waals surface area contributed by atoms with Crippen LogP contribution in [0.5, 0.6) is 5.75 Å². The summed E-state index contributed by atoms with van der Waals surface area (Å²) in [5.74, 6) is 0.458. The molecule has 0 bridgehead atoms. The lowest BCUT2D eigenvalue weighted by molar-refractivity contribution is -0.122. The van der Waals surface area contributed by atoms with Crippen molar-refractivity contribution in [2.45, 2.75) is 31.4 Å². The van der Waals surface area contributed by atoms with Crippen molar-refractivity contribution in [3.63, 3.8) is 0 Å². The zero-order valence-corrected chi connectivity index (χ0v) is 13.1. The normalized spacial score (nSPS) is 18.4. The molecule has 2 aromatic rings. The van der Waals surface area contributed by atoms with E-state index >= 15 is 0 Å². The van der Waals surface area contributed by atoms with E-state index in [-0.39, 0.29) is 11.8 Å². The minimum atomic E-state index is -0.536. The van der Waals surface area contributed by atoms with E-state index in [9.17, 15) is 9.59 Å².